The van der Waals surface area contributed by atoms with Crippen LogP contribution in [-0.4, -0.2) is 19.6 Å². The van der Waals surface area contributed by atoms with E-state index < -0.39 is 0 Å². The molecule has 2 aliphatic rings. The Morgan fingerprint density at radius 1 is 0.333 bits per heavy atom. The molecular formula is C34H34CuN4-. The molecule has 0 spiro atoms. The largest absolute Gasteiger partial charge is 1.00 e. The summed E-state index contributed by atoms with van der Waals surface area (Å²) in [5.41, 5.74) is 5.30. The van der Waals surface area contributed by atoms with E-state index in [1.807, 2.05) is 0 Å². The third kappa shape index (κ3) is 9.10. The van der Waals surface area contributed by atoms with Crippen LogP contribution in [-0.2, 0) is 43.2 Å². The number of hydrogen-bond acceptors (Lipinski definition) is 4. The predicted octanol–water partition coefficient (Wildman–Crippen LogP) is 7.19. The zero-order chi connectivity index (χ0) is 25.8. The summed E-state index contributed by atoms with van der Waals surface area (Å²) >= 11 is 0. The average molecular weight is 562 g/mol. The molecule has 4 nitrogen and oxygen atoms in total. The zero-order valence-electron chi connectivity index (χ0n) is 21.9. The molecule has 6 rings (SSSR count). The van der Waals surface area contributed by atoms with E-state index in [1.54, 1.807) is 0 Å². The summed E-state index contributed by atoms with van der Waals surface area (Å²) < 4.78 is 0. The monoisotopic (exact) mass is 561 g/mol. The Hall–Kier alpha value is -3.92. The molecule has 0 aliphatic carbocycles. The van der Waals surface area contributed by atoms with Gasteiger partial charge in [-0.25, -0.2) is 0 Å². The first-order valence-corrected chi connectivity index (χ1v) is 13.1. The minimum Gasteiger partial charge on any atom is -0.505 e. The number of benzene rings is 4. The molecule has 0 saturated heterocycles. The first-order valence-electron chi connectivity index (χ1n) is 13.1. The second kappa shape index (κ2) is 14.9. The van der Waals surface area contributed by atoms with Crippen molar-refractivity contribution >= 4 is 0 Å². The molecule has 0 amide bonds. The molecular weight excluding hydrogens is 528 g/mol. The van der Waals surface area contributed by atoms with Crippen LogP contribution in [0.25, 0.3) is 0 Å². The van der Waals surface area contributed by atoms with Crippen molar-refractivity contribution in [3.63, 3.8) is 0 Å². The molecule has 2 heterocycles. The van der Waals surface area contributed by atoms with Crippen LogP contribution in [0.4, 0.5) is 0 Å². The van der Waals surface area contributed by atoms with Crippen molar-refractivity contribution in [3.05, 3.63) is 182 Å². The maximum atomic E-state index is 2.21. The normalized spacial score (nSPS) is 13.7. The van der Waals surface area contributed by atoms with E-state index >= 15 is 0 Å². The van der Waals surface area contributed by atoms with Gasteiger partial charge in [-0.1, -0.05) is 121 Å². The maximum Gasteiger partial charge on any atom is 1.00 e. The van der Waals surface area contributed by atoms with Gasteiger partial charge in [-0.05, 0) is 47.1 Å². The average Bonchev–Trinajstić information content (AvgIpc) is 3.60. The first kappa shape index (κ1) is 28.1. The van der Waals surface area contributed by atoms with Crippen LogP contribution in [0.5, 0.6) is 0 Å². The summed E-state index contributed by atoms with van der Waals surface area (Å²) in [6.07, 6.45) is 8.48. The summed E-state index contributed by atoms with van der Waals surface area (Å²) in [4.78, 5) is 8.83. The van der Waals surface area contributed by atoms with Crippen molar-refractivity contribution in [2.24, 2.45) is 0 Å². The van der Waals surface area contributed by atoms with Gasteiger partial charge in [-0.3, -0.25) is 0 Å². The number of rotatable bonds is 8. The Kier molecular flexibility index (Phi) is 10.7. The van der Waals surface area contributed by atoms with Gasteiger partial charge in [0.15, 0.2) is 0 Å². The van der Waals surface area contributed by atoms with Gasteiger partial charge in [0.1, 0.15) is 0 Å². The van der Waals surface area contributed by atoms with Crippen LogP contribution in [0.2, 0.25) is 0 Å². The topological polar surface area (TPSA) is 13.0 Å². The summed E-state index contributed by atoms with van der Waals surface area (Å²) in [6.45, 7) is 7.98. The van der Waals surface area contributed by atoms with Crippen LogP contribution < -0.4 is 0 Å². The molecule has 5 heteroatoms. The minimum atomic E-state index is 0. The SMILES string of the molecule is C1=CN(Cc2ccccc2)[CH-]N1Cc1ccccc1.C1=CN(Cc2ccccc2)[CH-]N1Cc1ccccc1.[Cu+]. The van der Waals surface area contributed by atoms with Crippen molar-refractivity contribution in [1.82, 2.24) is 19.6 Å². The Balaban J connectivity index is 0.000000176. The summed E-state index contributed by atoms with van der Waals surface area (Å²) in [5, 5.41) is 0. The molecule has 0 bridgehead atoms. The van der Waals surface area contributed by atoms with Gasteiger partial charge >= 0.3 is 17.1 Å². The van der Waals surface area contributed by atoms with Crippen molar-refractivity contribution in [2.45, 2.75) is 26.2 Å². The molecule has 0 aromatic heterocycles. The van der Waals surface area contributed by atoms with Gasteiger partial charge in [-0.2, -0.15) is 13.3 Å². The van der Waals surface area contributed by atoms with Crippen molar-refractivity contribution in [1.29, 1.82) is 0 Å². The number of nitrogens with zero attached hydrogens (tertiary/aromatic N) is 4. The summed E-state index contributed by atoms with van der Waals surface area (Å²) in [6, 6.07) is 42.1. The molecule has 0 unspecified atom stereocenters. The van der Waals surface area contributed by atoms with E-state index in [0.717, 1.165) is 26.2 Å². The predicted molar refractivity (Wildman–Crippen MR) is 155 cm³/mol. The van der Waals surface area contributed by atoms with Crippen LogP contribution >= 0.6 is 0 Å². The Morgan fingerprint density at radius 2 is 0.538 bits per heavy atom. The summed E-state index contributed by atoms with van der Waals surface area (Å²) in [5.74, 6) is 0. The van der Waals surface area contributed by atoms with Gasteiger partial charge < -0.3 is 19.6 Å². The maximum absolute atomic E-state index is 2.21. The fourth-order valence-corrected chi connectivity index (χ4v) is 4.43. The van der Waals surface area contributed by atoms with Crippen LogP contribution in [0.1, 0.15) is 22.3 Å². The van der Waals surface area contributed by atoms with Gasteiger partial charge in [-0.15, -0.1) is 0 Å². The molecule has 0 radical (unpaired) electrons. The molecule has 0 saturated carbocycles. The van der Waals surface area contributed by atoms with Gasteiger partial charge in [0.05, 0.1) is 0 Å². The Labute approximate surface area is 244 Å². The quantitative estimate of drug-likeness (QED) is 0.167. The Bertz CT molecular complexity index is 1080. The van der Waals surface area contributed by atoms with Gasteiger partial charge in [0.25, 0.3) is 0 Å². The third-order valence-corrected chi connectivity index (χ3v) is 6.32. The fraction of sp³-hybridized carbons (Fsp3) is 0.118. The van der Waals surface area contributed by atoms with E-state index in [2.05, 4.69) is 179 Å². The van der Waals surface area contributed by atoms with E-state index in [9.17, 15) is 0 Å². The first-order chi connectivity index (χ1) is 18.8. The van der Waals surface area contributed by atoms with Crippen LogP contribution in [0, 0.1) is 13.3 Å². The molecule has 4 aromatic rings. The summed E-state index contributed by atoms with van der Waals surface area (Å²) in [7, 11) is 0. The van der Waals surface area contributed by atoms with Crippen molar-refractivity contribution in [2.75, 3.05) is 0 Å². The van der Waals surface area contributed by atoms with Crippen LogP contribution in [0.15, 0.2) is 146 Å². The van der Waals surface area contributed by atoms with Crippen molar-refractivity contribution < 1.29 is 17.1 Å². The molecule has 39 heavy (non-hydrogen) atoms. The van der Waals surface area contributed by atoms with Crippen LogP contribution in [0.3, 0.4) is 0 Å². The number of hydrogen-bond donors (Lipinski definition) is 0. The molecule has 2 aliphatic heterocycles. The van der Waals surface area contributed by atoms with Gasteiger partial charge in [0, 0.05) is 26.2 Å². The zero-order valence-corrected chi connectivity index (χ0v) is 22.9. The third-order valence-electron chi connectivity index (χ3n) is 6.32. The van der Waals surface area contributed by atoms with Gasteiger partial charge in [0.2, 0.25) is 0 Å². The second-order valence-corrected chi connectivity index (χ2v) is 9.46. The molecule has 0 N–H and O–H groups in total. The van der Waals surface area contributed by atoms with E-state index in [1.165, 1.54) is 22.3 Å². The standard InChI is InChI=1S/2C17H17N2.Cu/c2*1-3-7-16(8-4-1)13-18-11-12-19(15-18)14-17-9-5-2-6-10-17;/h2*1-12,15H,13-14H2;/q2*-1;+1. The van der Waals surface area contributed by atoms with Crippen molar-refractivity contribution in [3.8, 4) is 0 Å². The molecule has 4 aromatic carbocycles. The smallest absolute Gasteiger partial charge is 0.505 e. The van der Waals surface area contributed by atoms with E-state index in [0.29, 0.717) is 0 Å². The molecule has 0 fully saturated rings. The molecule has 202 valence electrons. The van der Waals surface area contributed by atoms with E-state index in [-0.39, 0.29) is 17.1 Å². The fourth-order valence-electron chi connectivity index (χ4n) is 4.43. The minimum absolute atomic E-state index is 0. The second-order valence-electron chi connectivity index (χ2n) is 9.46. The van der Waals surface area contributed by atoms with E-state index in [4.69, 9.17) is 0 Å². The molecule has 0 atom stereocenters. The Morgan fingerprint density at radius 3 is 0.744 bits per heavy atom.